The molecule has 1 saturated heterocycles. The van der Waals surface area contributed by atoms with E-state index in [1.54, 1.807) is 0 Å². The zero-order chi connectivity index (χ0) is 25.1. The molecule has 4 rings (SSSR count). The molecule has 0 radical (unpaired) electrons. The molecule has 0 spiro atoms. The van der Waals surface area contributed by atoms with Crippen LogP contribution < -0.4 is 5.32 Å². The van der Waals surface area contributed by atoms with Gasteiger partial charge in [0, 0.05) is 28.8 Å². The Bertz CT molecular complexity index is 1080. The van der Waals surface area contributed by atoms with Gasteiger partial charge in [-0.2, -0.15) is 0 Å². The number of hydrogen-bond donors (Lipinski definition) is 3. The smallest absolute Gasteiger partial charge is 0.311 e. The minimum atomic E-state index is -0.627. The molecule has 1 saturated carbocycles. The molecule has 2 aromatic heterocycles. The highest BCUT2D eigenvalue weighted by molar-refractivity contribution is 5.87. The number of aromatic amines is 1. The lowest BCUT2D eigenvalue weighted by molar-refractivity contribution is -0.153. The first-order chi connectivity index (χ1) is 16.9. The van der Waals surface area contributed by atoms with Gasteiger partial charge in [0.1, 0.15) is 12.9 Å². The second kappa shape index (κ2) is 10.9. The summed E-state index contributed by atoms with van der Waals surface area (Å²) in [5.41, 5.74) is 11.1. The molecule has 7 atom stereocenters. The Morgan fingerprint density at radius 3 is 2.83 bits per heavy atom. The molecule has 2 fully saturated rings. The van der Waals surface area contributed by atoms with Gasteiger partial charge in [-0.1, -0.05) is 40.5 Å². The van der Waals surface area contributed by atoms with Gasteiger partial charge in [0.05, 0.1) is 23.1 Å². The van der Waals surface area contributed by atoms with Crippen molar-refractivity contribution in [1.29, 1.82) is 0 Å². The fourth-order valence-electron chi connectivity index (χ4n) is 6.40. The number of carbonyl (C=O) groups excluding carboxylic acids is 1. The van der Waals surface area contributed by atoms with Crippen molar-refractivity contribution >= 4 is 22.8 Å². The number of aromatic nitrogens is 3. The van der Waals surface area contributed by atoms with Crippen LogP contribution in [-0.2, 0) is 9.53 Å². The number of H-pyrrole nitrogens is 1. The fraction of sp³-hybridized carbons (Fsp3) is 0.720. The summed E-state index contributed by atoms with van der Waals surface area (Å²) in [4.78, 5) is 27.3. The van der Waals surface area contributed by atoms with E-state index in [1.165, 1.54) is 6.33 Å². The molecule has 2 aliphatic rings. The largest absolute Gasteiger partial charge is 0.464 e. The molecule has 190 valence electrons. The monoisotopic (exact) mass is 483 g/mol. The van der Waals surface area contributed by atoms with Crippen LogP contribution in [0.1, 0.15) is 71.4 Å². The number of hydrogen-bond acceptors (Lipinski definition) is 7. The average Bonchev–Trinajstić information content (AvgIpc) is 3.55. The highest BCUT2D eigenvalue weighted by Gasteiger charge is 2.44. The molecule has 0 bridgehead atoms. The predicted octanol–water partition coefficient (Wildman–Crippen LogP) is 4.94. The number of esters is 1. The number of fused-ring (bicyclic) bond motifs is 1. The van der Waals surface area contributed by atoms with Crippen LogP contribution in [-0.4, -0.2) is 44.8 Å². The SMILES string of the molecule is CCC(CC)C(C)[C@H]1CC[C@H](C(=O)OC[C@@H]2C[C@@H](C)[C@H](c3c[nH]c4c(N=[N+]=[N-])ncnc34)N2)[C@H]1O. The lowest BCUT2D eigenvalue weighted by Gasteiger charge is -2.30. The number of nitrogens with one attached hydrogen (secondary N) is 2. The second-order valence-electron chi connectivity index (χ2n) is 10.3. The average molecular weight is 484 g/mol. The molecule has 35 heavy (non-hydrogen) atoms. The van der Waals surface area contributed by atoms with Crippen LogP contribution >= 0.6 is 0 Å². The summed E-state index contributed by atoms with van der Waals surface area (Å²) < 4.78 is 5.72. The third kappa shape index (κ3) is 5.01. The summed E-state index contributed by atoms with van der Waals surface area (Å²) in [6.45, 7) is 9.04. The maximum absolute atomic E-state index is 12.9. The molecule has 1 aliphatic carbocycles. The Labute approximate surface area is 205 Å². The number of carbonyl (C=O) groups is 1. The quantitative estimate of drug-likeness (QED) is 0.199. The van der Waals surface area contributed by atoms with Crippen molar-refractivity contribution in [3.63, 3.8) is 0 Å². The van der Waals surface area contributed by atoms with Gasteiger partial charge < -0.3 is 20.1 Å². The Morgan fingerprint density at radius 1 is 1.34 bits per heavy atom. The highest BCUT2D eigenvalue weighted by atomic mass is 16.5. The summed E-state index contributed by atoms with van der Waals surface area (Å²) in [5.74, 6) is 0.970. The van der Waals surface area contributed by atoms with E-state index in [0.29, 0.717) is 23.8 Å². The molecular weight excluding hydrogens is 446 g/mol. The van der Waals surface area contributed by atoms with Crippen LogP contribution in [0.2, 0.25) is 0 Å². The van der Waals surface area contributed by atoms with E-state index in [2.05, 4.69) is 58.0 Å². The Balaban J connectivity index is 1.36. The lowest BCUT2D eigenvalue weighted by atomic mass is 9.78. The minimum absolute atomic E-state index is 0.0140. The molecule has 0 amide bonds. The molecule has 10 nitrogen and oxygen atoms in total. The van der Waals surface area contributed by atoms with Gasteiger partial charge in [0.25, 0.3) is 0 Å². The zero-order valence-electron chi connectivity index (χ0n) is 21.0. The first-order valence-electron chi connectivity index (χ1n) is 12.9. The molecule has 1 aliphatic heterocycles. The van der Waals surface area contributed by atoms with Gasteiger partial charge in [0.15, 0.2) is 5.82 Å². The molecular formula is C25H37N7O3. The minimum Gasteiger partial charge on any atom is -0.464 e. The molecule has 10 heteroatoms. The van der Waals surface area contributed by atoms with Crippen molar-refractivity contribution in [1.82, 2.24) is 20.3 Å². The summed E-state index contributed by atoms with van der Waals surface area (Å²) >= 11 is 0. The van der Waals surface area contributed by atoms with Gasteiger partial charge in [-0.25, -0.2) is 9.97 Å². The second-order valence-corrected chi connectivity index (χ2v) is 10.3. The van der Waals surface area contributed by atoms with E-state index in [4.69, 9.17) is 10.3 Å². The lowest BCUT2D eigenvalue weighted by Crippen LogP contribution is -2.36. The number of ether oxygens (including phenoxy) is 1. The van der Waals surface area contributed by atoms with E-state index >= 15 is 0 Å². The van der Waals surface area contributed by atoms with Crippen molar-refractivity contribution in [2.24, 2.45) is 34.7 Å². The first-order valence-corrected chi connectivity index (χ1v) is 12.9. The van der Waals surface area contributed by atoms with Crippen molar-refractivity contribution < 1.29 is 14.6 Å². The van der Waals surface area contributed by atoms with Crippen LogP contribution in [0.3, 0.4) is 0 Å². The molecule has 3 N–H and O–H groups in total. The van der Waals surface area contributed by atoms with Gasteiger partial charge >= 0.3 is 5.97 Å². The van der Waals surface area contributed by atoms with E-state index in [-0.39, 0.29) is 42.3 Å². The predicted molar refractivity (Wildman–Crippen MR) is 133 cm³/mol. The van der Waals surface area contributed by atoms with Gasteiger partial charge in [-0.3, -0.25) is 4.79 Å². The Hall–Kier alpha value is -2.68. The molecule has 0 aromatic carbocycles. The third-order valence-electron chi connectivity index (χ3n) is 8.45. The zero-order valence-corrected chi connectivity index (χ0v) is 21.0. The van der Waals surface area contributed by atoms with Crippen molar-refractivity contribution in [3.8, 4) is 0 Å². The van der Waals surface area contributed by atoms with Crippen LogP contribution in [0.4, 0.5) is 5.82 Å². The normalized spacial score (nSPS) is 29.4. The summed E-state index contributed by atoms with van der Waals surface area (Å²) in [7, 11) is 0. The topological polar surface area (TPSA) is 149 Å². The van der Waals surface area contributed by atoms with Crippen LogP contribution in [0.25, 0.3) is 21.5 Å². The molecule has 2 aromatic rings. The van der Waals surface area contributed by atoms with Gasteiger partial charge in [-0.05, 0) is 53.6 Å². The number of azide groups is 1. The third-order valence-corrected chi connectivity index (χ3v) is 8.45. The van der Waals surface area contributed by atoms with E-state index in [9.17, 15) is 9.90 Å². The van der Waals surface area contributed by atoms with Crippen molar-refractivity contribution in [3.05, 3.63) is 28.5 Å². The number of aliphatic hydroxyl groups excluding tert-OH is 1. The van der Waals surface area contributed by atoms with Crippen LogP contribution in [0.5, 0.6) is 0 Å². The van der Waals surface area contributed by atoms with Crippen molar-refractivity contribution in [2.75, 3.05) is 6.61 Å². The maximum Gasteiger partial charge on any atom is 0.311 e. The summed E-state index contributed by atoms with van der Waals surface area (Å²) in [6, 6.07) is 0.0313. The van der Waals surface area contributed by atoms with Gasteiger partial charge in [-0.15, -0.1) is 0 Å². The summed E-state index contributed by atoms with van der Waals surface area (Å²) in [6.07, 6.45) is 7.24. The first kappa shape index (κ1) is 25.4. The molecule has 1 unspecified atom stereocenters. The van der Waals surface area contributed by atoms with E-state index < -0.39 is 12.0 Å². The van der Waals surface area contributed by atoms with E-state index in [1.807, 2.05) is 6.20 Å². The van der Waals surface area contributed by atoms with Crippen LogP contribution in [0, 0.1) is 29.6 Å². The fourth-order valence-corrected chi connectivity index (χ4v) is 6.40. The van der Waals surface area contributed by atoms with Crippen LogP contribution in [0.15, 0.2) is 17.6 Å². The Kier molecular flexibility index (Phi) is 7.94. The Morgan fingerprint density at radius 2 is 2.11 bits per heavy atom. The number of nitrogens with zero attached hydrogens (tertiary/aromatic N) is 5. The van der Waals surface area contributed by atoms with E-state index in [0.717, 1.165) is 36.8 Å². The van der Waals surface area contributed by atoms with Crippen molar-refractivity contribution in [2.45, 2.75) is 78.0 Å². The standard InChI is InChI=1S/C25H37N7O3/c1-5-15(6-2)14(4)17-7-8-18(23(17)33)25(34)35-11-16-9-13(3)20(30-16)19-10-27-22-21(19)28-12-29-24(22)31-32-26/h10,12-18,20,23,27,30,33H,5-9,11H2,1-4H3/t13-,14?,16+,17-,18+,20-,23+/m1/s1. The number of rotatable bonds is 9. The molecule has 3 heterocycles. The maximum atomic E-state index is 12.9. The number of aliphatic hydroxyl groups is 1. The van der Waals surface area contributed by atoms with Gasteiger partial charge in [0.2, 0.25) is 0 Å². The summed E-state index contributed by atoms with van der Waals surface area (Å²) in [5, 5.41) is 18.1. The highest BCUT2D eigenvalue weighted by Crippen LogP contribution is 2.41.